The minimum absolute atomic E-state index is 0.0990. The number of benzene rings is 2. The summed E-state index contributed by atoms with van der Waals surface area (Å²) in [6.45, 7) is 4.10. The number of carbonyl (C=O) groups is 2. The quantitative estimate of drug-likeness (QED) is 0.369. The maximum atomic E-state index is 12.6. The molecule has 2 aromatic carbocycles. The molecular weight excluding hydrogens is 350 g/mol. The Morgan fingerprint density at radius 3 is 2.31 bits per heavy atom. The van der Waals surface area contributed by atoms with Gasteiger partial charge < -0.3 is 4.74 Å². The van der Waals surface area contributed by atoms with Crippen LogP contribution in [0.25, 0.3) is 0 Å². The van der Waals surface area contributed by atoms with Crippen molar-refractivity contribution in [2.75, 3.05) is 11.9 Å². The highest BCUT2D eigenvalue weighted by molar-refractivity contribution is 6.17. The van der Waals surface area contributed by atoms with Crippen LogP contribution in [-0.2, 0) is 10.6 Å². The number of ketones is 1. The highest BCUT2D eigenvalue weighted by atomic mass is 35.5. The highest BCUT2D eigenvalue weighted by Gasteiger charge is 2.28. The fraction of sp³-hybridized carbons (Fsp3) is 0.333. The first-order valence-corrected chi connectivity index (χ1v) is 9.14. The van der Waals surface area contributed by atoms with Gasteiger partial charge in [-0.05, 0) is 30.5 Å². The number of halogens is 1. The fourth-order valence-electron chi connectivity index (χ4n) is 2.60. The third-order valence-electron chi connectivity index (χ3n) is 4.18. The van der Waals surface area contributed by atoms with E-state index in [2.05, 4.69) is 5.32 Å². The number of anilines is 1. The fourth-order valence-corrected chi connectivity index (χ4v) is 2.78. The summed E-state index contributed by atoms with van der Waals surface area (Å²) in [6.07, 6.45) is 0.749. The van der Waals surface area contributed by atoms with Gasteiger partial charge in [-0.2, -0.15) is 0 Å². The minimum atomic E-state index is -0.504. The van der Waals surface area contributed by atoms with E-state index in [0.29, 0.717) is 30.0 Å². The number of rotatable bonds is 8. The number of amides is 1. The Labute approximate surface area is 159 Å². The van der Waals surface area contributed by atoms with Crippen LogP contribution in [0, 0.1) is 5.41 Å². The molecule has 0 aliphatic rings. The number of ether oxygens (including phenoxy) is 1. The molecule has 0 fully saturated rings. The van der Waals surface area contributed by atoms with E-state index >= 15 is 0 Å². The molecule has 0 aliphatic heterocycles. The van der Waals surface area contributed by atoms with E-state index in [1.165, 1.54) is 0 Å². The van der Waals surface area contributed by atoms with Crippen LogP contribution in [0.4, 0.5) is 10.5 Å². The summed E-state index contributed by atoms with van der Waals surface area (Å²) in [7, 11) is 0. The summed E-state index contributed by atoms with van der Waals surface area (Å²) < 4.78 is 5.20. The first kappa shape index (κ1) is 20.0. The van der Waals surface area contributed by atoms with Gasteiger partial charge in [0.25, 0.3) is 0 Å². The zero-order valence-corrected chi connectivity index (χ0v) is 15.9. The Bertz CT molecular complexity index is 727. The van der Waals surface area contributed by atoms with Crippen molar-refractivity contribution >= 4 is 29.2 Å². The minimum Gasteiger partial charge on any atom is -0.449 e. The molecule has 138 valence electrons. The van der Waals surface area contributed by atoms with E-state index < -0.39 is 11.5 Å². The van der Waals surface area contributed by atoms with Crippen LogP contribution in [0.3, 0.4) is 0 Å². The Morgan fingerprint density at radius 2 is 1.69 bits per heavy atom. The van der Waals surface area contributed by atoms with Crippen molar-refractivity contribution in [3.8, 4) is 0 Å². The molecule has 0 atom stereocenters. The predicted octanol–water partition coefficient (Wildman–Crippen LogP) is 5.66. The Kier molecular flexibility index (Phi) is 7.22. The van der Waals surface area contributed by atoms with Gasteiger partial charge in [-0.3, -0.25) is 10.1 Å². The predicted molar refractivity (Wildman–Crippen MR) is 105 cm³/mol. The number of nitrogens with one attached hydrogen (secondary N) is 1. The summed E-state index contributed by atoms with van der Waals surface area (Å²) in [5, 5.41) is 2.67. The molecule has 0 aromatic heterocycles. The standard InChI is InChI=1S/C21H24ClNO3/c1-21(2,19(24)17-7-4-3-5-8-17)13-6-14-26-20(25)23-18-11-9-16(15-22)10-12-18/h3-5,7-12H,6,13-15H2,1-2H3,(H,23,25). The lowest BCUT2D eigenvalue weighted by Crippen LogP contribution is -2.25. The van der Waals surface area contributed by atoms with Crippen LogP contribution in [0.2, 0.25) is 0 Å². The molecule has 2 rings (SSSR count). The molecule has 1 N–H and O–H groups in total. The van der Waals surface area contributed by atoms with Gasteiger partial charge in [0.1, 0.15) is 0 Å². The molecular formula is C21H24ClNO3. The van der Waals surface area contributed by atoms with Crippen molar-refractivity contribution in [1.82, 2.24) is 0 Å². The monoisotopic (exact) mass is 373 g/mol. The zero-order chi connectivity index (χ0) is 19.0. The second-order valence-corrected chi connectivity index (χ2v) is 7.04. The van der Waals surface area contributed by atoms with Crippen LogP contribution in [0.1, 0.15) is 42.6 Å². The van der Waals surface area contributed by atoms with E-state index in [1.807, 2.05) is 56.3 Å². The molecule has 5 heteroatoms. The van der Waals surface area contributed by atoms with E-state index in [0.717, 1.165) is 5.56 Å². The van der Waals surface area contributed by atoms with Gasteiger partial charge in [-0.1, -0.05) is 56.3 Å². The smallest absolute Gasteiger partial charge is 0.411 e. The summed E-state index contributed by atoms with van der Waals surface area (Å²) in [5.74, 6) is 0.532. The Hall–Kier alpha value is -2.33. The Balaban J connectivity index is 1.74. The molecule has 0 spiro atoms. The first-order chi connectivity index (χ1) is 12.4. The number of alkyl halides is 1. The first-order valence-electron chi connectivity index (χ1n) is 8.61. The number of hydrogen-bond donors (Lipinski definition) is 1. The van der Waals surface area contributed by atoms with Crippen molar-refractivity contribution in [3.63, 3.8) is 0 Å². The Morgan fingerprint density at radius 1 is 1.04 bits per heavy atom. The molecule has 0 unspecified atom stereocenters. The van der Waals surface area contributed by atoms with Crippen LogP contribution >= 0.6 is 11.6 Å². The average molecular weight is 374 g/mol. The topological polar surface area (TPSA) is 55.4 Å². The van der Waals surface area contributed by atoms with Gasteiger partial charge in [-0.25, -0.2) is 4.79 Å². The second kappa shape index (κ2) is 9.39. The lowest BCUT2D eigenvalue weighted by Gasteiger charge is -2.23. The molecule has 2 aromatic rings. The summed E-state index contributed by atoms with van der Waals surface area (Å²) in [6, 6.07) is 16.5. The van der Waals surface area contributed by atoms with E-state index in [4.69, 9.17) is 16.3 Å². The van der Waals surface area contributed by atoms with E-state index in [9.17, 15) is 9.59 Å². The molecule has 0 bridgehead atoms. The van der Waals surface area contributed by atoms with Crippen LogP contribution in [0.15, 0.2) is 54.6 Å². The number of Topliss-reactive ketones (excluding diaryl/α,β-unsaturated/α-hetero) is 1. The van der Waals surface area contributed by atoms with Crippen molar-refractivity contribution in [1.29, 1.82) is 0 Å². The summed E-state index contributed by atoms with van der Waals surface area (Å²) >= 11 is 5.73. The third-order valence-corrected chi connectivity index (χ3v) is 4.49. The zero-order valence-electron chi connectivity index (χ0n) is 15.1. The molecule has 26 heavy (non-hydrogen) atoms. The largest absolute Gasteiger partial charge is 0.449 e. The maximum Gasteiger partial charge on any atom is 0.411 e. The third kappa shape index (κ3) is 5.88. The van der Waals surface area contributed by atoms with Gasteiger partial charge in [0.2, 0.25) is 0 Å². The highest BCUT2D eigenvalue weighted by Crippen LogP contribution is 2.27. The molecule has 4 nitrogen and oxygen atoms in total. The van der Waals surface area contributed by atoms with Crippen molar-refractivity contribution in [3.05, 3.63) is 65.7 Å². The number of hydrogen-bond acceptors (Lipinski definition) is 3. The molecule has 1 amide bonds. The molecule has 0 saturated heterocycles. The number of carbonyl (C=O) groups excluding carboxylic acids is 2. The van der Waals surface area contributed by atoms with Crippen LogP contribution in [-0.4, -0.2) is 18.5 Å². The SMILES string of the molecule is CC(C)(CCCOC(=O)Nc1ccc(CCl)cc1)C(=O)c1ccccc1. The van der Waals surface area contributed by atoms with Crippen molar-refractivity contribution in [2.24, 2.45) is 5.41 Å². The van der Waals surface area contributed by atoms with E-state index in [-0.39, 0.29) is 12.4 Å². The van der Waals surface area contributed by atoms with Crippen molar-refractivity contribution < 1.29 is 14.3 Å². The molecule has 0 radical (unpaired) electrons. The maximum absolute atomic E-state index is 12.6. The second-order valence-electron chi connectivity index (χ2n) is 6.77. The average Bonchev–Trinajstić information content (AvgIpc) is 2.66. The lowest BCUT2D eigenvalue weighted by molar-refractivity contribution is 0.0812. The lowest BCUT2D eigenvalue weighted by atomic mass is 9.80. The van der Waals surface area contributed by atoms with E-state index in [1.54, 1.807) is 12.1 Å². The van der Waals surface area contributed by atoms with Crippen LogP contribution < -0.4 is 5.32 Å². The summed E-state index contributed by atoms with van der Waals surface area (Å²) in [5.41, 5.74) is 1.84. The van der Waals surface area contributed by atoms with Gasteiger partial charge >= 0.3 is 6.09 Å². The molecule has 0 saturated carbocycles. The van der Waals surface area contributed by atoms with Gasteiger partial charge in [-0.15, -0.1) is 11.6 Å². The normalized spacial score (nSPS) is 11.0. The van der Waals surface area contributed by atoms with Crippen molar-refractivity contribution in [2.45, 2.75) is 32.6 Å². The van der Waals surface area contributed by atoms with Crippen LogP contribution in [0.5, 0.6) is 0 Å². The molecule has 0 heterocycles. The van der Waals surface area contributed by atoms with Gasteiger partial charge in [0.05, 0.1) is 6.61 Å². The molecule has 0 aliphatic carbocycles. The van der Waals surface area contributed by atoms with Gasteiger partial charge in [0.15, 0.2) is 5.78 Å². The summed E-state index contributed by atoms with van der Waals surface area (Å²) in [4.78, 5) is 24.4. The van der Waals surface area contributed by atoms with Gasteiger partial charge in [0, 0.05) is 22.5 Å².